The summed E-state index contributed by atoms with van der Waals surface area (Å²) in [6.07, 6.45) is 4.09. The number of carbonyl (C=O) groups is 5. The zero-order valence-electron chi connectivity index (χ0n) is 20.0. The summed E-state index contributed by atoms with van der Waals surface area (Å²) >= 11 is 0. The van der Waals surface area contributed by atoms with E-state index in [-0.39, 0.29) is 36.1 Å². The molecule has 0 radical (unpaired) electrons. The summed E-state index contributed by atoms with van der Waals surface area (Å²) in [5.74, 6) is -2.13. The number of anilines is 1. The fraction of sp³-hybridized carbons (Fsp3) is 0.440. The number of likely N-dealkylation sites (tertiary alicyclic amines) is 1. The van der Waals surface area contributed by atoms with E-state index in [1.165, 1.54) is 4.90 Å². The molecule has 5 amide bonds. The van der Waals surface area contributed by atoms with Crippen molar-refractivity contribution in [1.29, 1.82) is 0 Å². The third-order valence-corrected chi connectivity index (χ3v) is 7.85. The van der Waals surface area contributed by atoms with Gasteiger partial charge in [0.1, 0.15) is 6.04 Å². The molecule has 2 saturated heterocycles. The number of nitrogens with zero attached hydrogens (tertiary/aromatic N) is 4. The minimum Gasteiger partial charge on any atom is -0.465 e. The van der Waals surface area contributed by atoms with Gasteiger partial charge in [0.15, 0.2) is 0 Å². The number of hydrogen-bond acceptors (Lipinski definition) is 7. The predicted octanol–water partition coefficient (Wildman–Crippen LogP) is 1.70. The number of rotatable bonds is 4. The monoisotopic (exact) mass is 506 g/mol. The molecular weight excluding hydrogens is 480 g/mol. The van der Waals surface area contributed by atoms with Crippen molar-refractivity contribution >= 4 is 35.4 Å². The Labute approximate surface area is 211 Å². The number of aromatic nitrogens is 2. The van der Waals surface area contributed by atoms with Gasteiger partial charge in [0.05, 0.1) is 29.4 Å². The standard InChI is InChI=1S/C25H26N6O6/c32-20-7-6-19(22(33)28-20)30-23(34)14-2-1-3-17(21(14)24(30)35)27-16-4-5-18-15(16)12-26-31(18)13-8-10-29(11-9-13)25(36)37/h1-3,12-13,16,19,27H,4-11H2,(H,36,37)(H,28,32,33). The third-order valence-electron chi connectivity index (χ3n) is 7.85. The van der Waals surface area contributed by atoms with Gasteiger partial charge in [0.25, 0.3) is 11.8 Å². The fourth-order valence-electron chi connectivity index (χ4n) is 5.98. The molecule has 192 valence electrons. The summed E-state index contributed by atoms with van der Waals surface area (Å²) in [6, 6.07) is 4.05. The second-order valence-corrected chi connectivity index (χ2v) is 9.90. The van der Waals surface area contributed by atoms with Gasteiger partial charge >= 0.3 is 6.09 Å². The number of amides is 5. The number of carboxylic acid groups (broad SMARTS) is 1. The van der Waals surface area contributed by atoms with Crippen LogP contribution in [0, 0.1) is 0 Å². The van der Waals surface area contributed by atoms with Crippen LogP contribution in [0.1, 0.15) is 76.2 Å². The lowest BCUT2D eigenvalue weighted by Crippen LogP contribution is -2.54. The zero-order chi connectivity index (χ0) is 25.8. The summed E-state index contributed by atoms with van der Waals surface area (Å²) in [7, 11) is 0. The van der Waals surface area contributed by atoms with Gasteiger partial charge in [-0.15, -0.1) is 0 Å². The quantitative estimate of drug-likeness (QED) is 0.530. The predicted molar refractivity (Wildman–Crippen MR) is 128 cm³/mol. The van der Waals surface area contributed by atoms with E-state index in [1.807, 2.05) is 10.9 Å². The van der Waals surface area contributed by atoms with Crippen molar-refractivity contribution in [3.63, 3.8) is 0 Å². The van der Waals surface area contributed by atoms with Gasteiger partial charge in [-0.3, -0.25) is 34.1 Å². The molecule has 2 atom stereocenters. The van der Waals surface area contributed by atoms with E-state index in [9.17, 15) is 29.1 Å². The molecule has 1 aromatic carbocycles. The topological polar surface area (TPSA) is 154 Å². The Bertz CT molecular complexity index is 1340. The largest absolute Gasteiger partial charge is 0.465 e. The van der Waals surface area contributed by atoms with Crippen LogP contribution in [0.15, 0.2) is 24.4 Å². The van der Waals surface area contributed by atoms with E-state index in [0.29, 0.717) is 31.6 Å². The number of piperidine rings is 2. The molecule has 12 nitrogen and oxygen atoms in total. The SMILES string of the molecule is O=C1CCC(N2C(=O)c3cccc(NC4CCc5c4cnn5C4CCN(C(=O)O)CC4)c3C2=O)C(=O)N1. The van der Waals surface area contributed by atoms with Crippen LogP contribution in [0.25, 0.3) is 0 Å². The third kappa shape index (κ3) is 3.74. The lowest BCUT2D eigenvalue weighted by atomic mass is 10.0. The van der Waals surface area contributed by atoms with E-state index in [2.05, 4.69) is 15.7 Å². The number of fused-ring (bicyclic) bond motifs is 2. The molecular formula is C25H26N6O6. The maximum atomic E-state index is 13.4. The van der Waals surface area contributed by atoms with Crippen molar-refractivity contribution in [1.82, 2.24) is 24.9 Å². The number of imide groups is 2. The molecule has 37 heavy (non-hydrogen) atoms. The molecule has 4 aliphatic rings. The van der Waals surface area contributed by atoms with E-state index in [4.69, 9.17) is 0 Å². The van der Waals surface area contributed by atoms with Crippen molar-refractivity contribution in [2.24, 2.45) is 0 Å². The molecule has 2 fully saturated rings. The summed E-state index contributed by atoms with van der Waals surface area (Å²) in [5, 5.41) is 19.5. The molecule has 4 heterocycles. The number of benzene rings is 1. The van der Waals surface area contributed by atoms with Crippen molar-refractivity contribution in [3.8, 4) is 0 Å². The van der Waals surface area contributed by atoms with Gasteiger partial charge in [-0.25, -0.2) is 4.79 Å². The van der Waals surface area contributed by atoms with Crippen molar-refractivity contribution in [3.05, 3.63) is 46.8 Å². The molecule has 2 unspecified atom stereocenters. The average Bonchev–Trinajstić information content (AvgIpc) is 3.54. The highest BCUT2D eigenvalue weighted by molar-refractivity contribution is 6.25. The lowest BCUT2D eigenvalue weighted by Gasteiger charge is -2.30. The smallest absolute Gasteiger partial charge is 0.407 e. The number of nitrogens with one attached hydrogen (secondary N) is 2. The Kier molecular flexibility index (Phi) is 5.46. The van der Waals surface area contributed by atoms with Crippen LogP contribution < -0.4 is 10.6 Å². The van der Waals surface area contributed by atoms with Crippen LogP contribution in [0.4, 0.5) is 10.5 Å². The van der Waals surface area contributed by atoms with E-state index in [1.54, 1.807) is 18.2 Å². The van der Waals surface area contributed by atoms with Crippen LogP contribution in [0.3, 0.4) is 0 Å². The summed E-state index contributed by atoms with van der Waals surface area (Å²) < 4.78 is 2.02. The van der Waals surface area contributed by atoms with Crippen molar-refractivity contribution in [2.45, 2.75) is 56.7 Å². The second-order valence-electron chi connectivity index (χ2n) is 9.90. The van der Waals surface area contributed by atoms with Crippen LogP contribution >= 0.6 is 0 Å². The maximum absolute atomic E-state index is 13.4. The van der Waals surface area contributed by atoms with Gasteiger partial charge in [0, 0.05) is 36.5 Å². The Morgan fingerprint density at radius 3 is 2.54 bits per heavy atom. The van der Waals surface area contributed by atoms with E-state index >= 15 is 0 Å². The fourth-order valence-corrected chi connectivity index (χ4v) is 5.98. The molecule has 0 saturated carbocycles. The summed E-state index contributed by atoms with van der Waals surface area (Å²) in [6.45, 7) is 0.957. The van der Waals surface area contributed by atoms with Crippen LogP contribution in [-0.4, -0.2) is 73.5 Å². The molecule has 0 bridgehead atoms. The molecule has 1 aliphatic carbocycles. The summed E-state index contributed by atoms with van der Waals surface area (Å²) in [5.41, 5.74) is 3.12. The first kappa shape index (κ1) is 23.2. The average molecular weight is 507 g/mol. The van der Waals surface area contributed by atoms with Gasteiger partial charge in [-0.05, 0) is 44.2 Å². The second kappa shape index (κ2) is 8.71. The summed E-state index contributed by atoms with van der Waals surface area (Å²) in [4.78, 5) is 64.1. The van der Waals surface area contributed by atoms with Crippen LogP contribution in [0.5, 0.6) is 0 Å². The van der Waals surface area contributed by atoms with Gasteiger partial charge in [0.2, 0.25) is 11.8 Å². The molecule has 0 spiro atoms. The van der Waals surface area contributed by atoms with Gasteiger partial charge < -0.3 is 15.3 Å². The van der Waals surface area contributed by atoms with Gasteiger partial charge in [-0.1, -0.05) is 6.07 Å². The molecule has 3 N–H and O–H groups in total. The highest BCUT2D eigenvalue weighted by Gasteiger charge is 2.46. The minimum absolute atomic E-state index is 0.0685. The highest BCUT2D eigenvalue weighted by atomic mass is 16.4. The molecule has 12 heteroatoms. The normalized spacial score (nSPS) is 23.8. The highest BCUT2D eigenvalue weighted by Crippen LogP contribution is 2.39. The molecule has 6 rings (SSSR count). The Morgan fingerprint density at radius 1 is 1.03 bits per heavy atom. The first-order chi connectivity index (χ1) is 17.8. The van der Waals surface area contributed by atoms with E-state index in [0.717, 1.165) is 29.0 Å². The first-order valence-electron chi connectivity index (χ1n) is 12.5. The number of hydrogen-bond donors (Lipinski definition) is 3. The van der Waals surface area contributed by atoms with Crippen LogP contribution in [-0.2, 0) is 16.0 Å². The lowest BCUT2D eigenvalue weighted by molar-refractivity contribution is -0.136. The Hall–Kier alpha value is -4.22. The molecule has 1 aromatic heterocycles. The minimum atomic E-state index is -1.01. The number of carbonyl (C=O) groups excluding carboxylic acids is 4. The van der Waals surface area contributed by atoms with Gasteiger partial charge in [-0.2, -0.15) is 5.10 Å². The molecule has 2 aromatic rings. The Balaban J connectivity index is 1.22. The van der Waals surface area contributed by atoms with Crippen LogP contribution in [0.2, 0.25) is 0 Å². The first-order valence-corrected chi connectivity index (χ1v) is 12.5. The van der Waals surface area contributed by atoms with Crippen molar-refractivity contribution < 1.29 is 29.1 Å². The zero-order valence-corrected chi connectivity index (χ0v) is 20.0. The molecule has 3 aliphatic heterocycles. The van der Waals surface area contributed by atoms with Crippen molar-refractivity contribution in [2.75, 3.05) is 18.4 Å². The maximum Gasteiger partial charge on any atom is 0.407 e. The van der Waals surface area contributed by atoms with E-state index < -0.39 is 35.8 Å². The Morgan fingerprint density at radius 2 is 1.81 bits per heavy atom.